The summed E-state index contributed by atoms with van der Waals surface area (Å²) in [5.74, 6) is 2.76. The number of fused-ring (bicyclic) bond motifs is 1. The predicted octanol–water partition coefficient (Wildman–Crippen LogP) is 1.90. The first-order chi connectivity index (χ1) is 12.5. The molecule has 0 spiro atoms. The SMILES string of the molecule is CC[C@@H]1C(=O)N(C)c2cnc(-n3cc[n+](C)c3C)nc2N1C1CCCC1. The molecule has 2 aromatic heterocycles. The van der Waals surface area contributed by atoms with Gasteiger partial charge in [0.2, 0.25) is 5.91 Å². The molecule has 2 aliphatic rings. The van der Waals surface area contributed by atoms with Crippen LogP contribution in [-0.2, 0) is 11.8 Å². The number of aromatic nitrogens is 4. The maximum Gasteiger partial charge on any atom is 0.327 e. The van der Waals surface area contributed by atoms with E-state index < -0.39 is 0 Å². The summed E-state index contributed by atoms with van der Waals surface area (Å²) in [7, 11) is 3.84. The summed E-state index contributed by atoms with van der Waals surface area (Å²) in [5, 5.41) is 0. The molecule has 3 heterocycles. The van der Waals surface area contributed by atoms with Crippen molar-refractivity contribution in [1.29, 1.82) is 0 Å². The minimum atomic E-state index is -0.139. The van der Waals surface area contributed by atoms with Crippen molar-refractivity contribution in [2.24, 2.45) is 7.05 Å². The van der Waals surface area contributed by atoms with Crippen LogP contribution in [0.2, 0.25) is 0 Å². The van der Waals surface area contributed by atoms with Gasteiger partial charge in [0, 0.05) is 20.0 Å². The molecule has 26 heavy (non-hydrogen) atoms. The Morgan fingerprint density at radius 3 is 2.65 bits per heavy atom. The smallest absolute Gasteiger partial charge is 0.327 e. The highest BCUT2D eigenvalue weighted by Gasteiger charge is 2.41. The molecule has 0 unspecified atom stereocenters. The van der Waals surface area contributed by atoms with E-state index in [-0.39, 0.29) is 11.9 Å². The summed E-state index contributed by atoms with van der Waals surface area (Å²) in [5.41, 5.74) is 0.810. The van der Waals surface area contributed by atoms with Crippen LogP contribution < -0.4 is 14.4 Å². The molecule has 1 saturated carbocycles. The molecule has 138 valence electrons. The lowest BCUT2D eigenvalue weighted by atomic mass is 10.0. The van der Waals surface area contributed by atoms with Crippen molar-refractivity contribution in [3.63, 3.8) is 0 Å². The van der Waals surface area contributed by atoms with Gasteiger partial charge in [0.1, 0.15) is 24.1 Å². The lowest BCUT2D eigenvalue weighted by Gasteiger charge is -2.43. The van der Waals surface area contributed by atoms with E-state index in [1.807, 2.05) is 42.5 Å². The first-order valence-electron chi connectivity index (χ1n) is 9.49. The topological polar surface area (TPSA) is 58.1 Å². The van der Waals surface area contributed by atoms with Crippen LogP contribution in [0.1, 0.15) is 44.9 Å². The van der Waals surface area contributed by atoms with Crippen LogP contribution in [0.15, 0.2) is 18.6 Å². The third-order valence-corrected chi connectivity index (χ3v) is 5.91. The van der Waals surface area contributed by atoms with E-state index in [4.69, 9.17) is 4.98 Å². The lowest BCUT2D eigenvalue weighted by molar-refractivity contribution is -0.677. The van der Waals surface area contributed by atoms with E-state index >= 15 is 0 Å². The van der Waals surface area contributed by atoms with Gasteiger partial charge < -0.3 is 9.80 Å². The Balaban J connectivity index is 1.86. The highest BCUT2D eigenvalue weighted by atomic mass is 16.2. The summed E-state index contributed by atoms with van der Waals surface area (Å²) in [6.07, 6.45) is 11.3. The number of aryl methyl sites for hydroxylation is 1. The van der Waals surface area contributed by atoms with Gasteiger partial charge in [-0.3, -0.25) is 4.79 Å². The zero-order chi connectivity index (χ0) is 18.4. The van der Waals surface area contributed by atoms with Crippen LogP contribution in [0.4, 0.5) is 11.5 Å². The number of carbonyl (C=O) groups excluding carboxylic acids is 1. The molecule has 0 bridgehead atoms. The summed E-state index contributed by atoms with van der Waals surface area (Å²) >= 11 is 0. The summed E-state index contributed by atoms with van der Waals surface area (Å²) < 4.78 is 4.03. The van der Waals surface area contributed by atoms with Gasteiger partial charge in [-0.15, -0.1) is 0 Å². The van der Waals surface area contributed by atoms with Crippen molar-refractivity contribution >= 4 is 17.4 Å². The number of hydrogen-bond donors (Lipinski definition) is 0. The fraction of sp³-hybridized carbons (Fsp3) is 0.579. The average Bonchev–Trinajstić information content (AvgIpc) is 3.28. The molecule has 2 aromatic rings. The Labute approximate surface area is 154 Å². The van der Waals surface area contributed by atoms with Gasteiger partial charge >= 0.3 is 5.95 Å². The number of hydrogen-bond acceptors (Lipinski definition) is 4. The van der Waals surface area contributed by atoms with E-state index in [1.54, 1.807) is 11.1 Å². The second kappa shape index (κ2) is 6.37. The molecule has 1 aliphatic carbocycles. The Bertz CT molecular complexity index is 839. The van der Waals surface area contributed by atoms with Gasteiger partial charge in [-0.2, -0.15) is 14.5 Å². The summed E-state index contributed by atoms with van der Waals surface area (Å²) in [6, 6.07) is 0.251. The first-order valence-corrected chi connectivity index (χ1v) is 9.49. The van der Waals surface area contributed by atoms with Gasteiger partial charge in [-0.25, -0.2) is 4.57 Å². The molecule has 0 saturated heterocycles. The molecular formula is C19H27N6O+. The second-order valence-electron chi connectivity index (χ2n) is 7.37. The number of nitrogens with zero attached hydrogens (tertiary/aromatic N) is 6. The minimum absolute atomic E-state index is 0.139. The van der Waals surface area contributed by atoms with Crippen LogP contribution in [0.3, 0.4) is 0 Å². The lowest BCUT2D eigenvalue weighted by Crippen LogP contribution is -2.55. The Morgan fingerprint density at radius 1 is 1.31 bits per heavy atom. The van der Waals surface area contributed by atoms with Gasteiger partial charge in [-0.05, 0) is 19.3 Å². The molecule has 1 atom stereocenters. The standard InChI is InChI=1S/C19H27N6O/c1-5-15-18(26)23(4)16-12-20-19(24-11-10-22(3)13(24)2)21-17(16)25(15)14-8-6-7-9-14/h10-12,14-15H,5-9H2,1-4H3/q+1/t15-/m1/s1. The summed E-state index contributed by atoms with van der Waals surface area (Å²) in [6.45, 7) is 4.13. The first kappa shape index (κ1) is 17.0. The summed E-state index contributed by atoms with van der Waals surface area (Å²) in [4.78, 5) is 26.4. The fourth-order valence-electron chi connectivity index (χ4n) is 4.25. The van der Waals surface area contributed by atoms with Crippen LogP contribution in [0, 0.1) is 6.92 Å². The highest BCUT2D eigenvalue weighted by Crippen LogP contribution is 2.39. The molecule has 1 amide bonds. The van der Waals surface area contributed by atoms with Gasteiger partial charge in [0.15, 0.2) is 5.82 Å². The van der Waals surface area contributed by atoms with E-state index in [2.05, 4.69) is 16.8 Å². The monoisotopic (exact) mass is 355 g/mol. The van der Waals surface area contributed by atoms with E-state index in [0.717, 1.165) is 36.6 Å². The maximum absolute atomic E-state index is 12.9. The zero-order valence-corrected chi connectivity index (χ0v) is 16.0. The van der Waals surface area contributed by atoms with E-state index in [1.165, 1.54) is 12.8 Å². The zero-order valence-electron chi connectivity index (χ0n) is 16.0. The third kappa shape index (κ3) is 2.48. The largest absolute Gasteiger partial charge is 0.340 e. The fourth-order valence-corrected chi connectivity index (χ4v) is 4.25. The normalized spacial score (nSPS) is 20.8. The van der Waals surface area contributed by atoms with E-state index in [0.29, 0.717) is 12.0 Å². The Kier molecular flexibility index (Phi) is 4.17. The van der Waals surface area contributed by atoms with Crippen LogP contribution in [-0.4, -0.2) is 39.6 Å². The number of imidazole rings is 1. The molecule has 4 rings (SSSR count). The molecular weight excluding hydrogens is 328 g/mol. The molecule has 7 nitrogen and oxygen atoms in total. The van der Waals surface area contributed by atoms with Crippen molar-refractivity contribution in [1.82, 2.24) is 14.5 Å². The van der Waals surface area contributed by atoms with Gasteiger partial charge in [0.05, 0.1) is 13.2 Å². The Morgan fingerprint density at radius 2 is 2.04 bits per heavy atom. The van der Waals surface area contributed by atoms with Crippen molar-refractivity contribution in [2.75, 3.05) is 16.8 Å². The van der Waals surface area contributed by atoms with Gasteiger partial charge in [-0.1, -0.05) is 19.8 Å². The van der Waals surface area contributed by atoms with Crippen molar-refractivity contribution in [3.8, 4) is 5.95 Å². The Hall–Kier alpha value is -2.44. The highest BCUT2D eigenvalue weighted by molar-refractivity contribution is 6.04. The number of anilines is 2. The number of rotatable bonds is 3. The molecule has 1 aliphatic heterocycles. The van der Waals surface area contributed by atoms with Crippen LogP contribution in [0.25, 0.3) is 5.95 Å². The average molecular weight is 355 g/mol. The number of amides is 1. The van der Waals surface area contributed by atoms with Crippen LogP contribution in [0.5, 0.6) is 0 Å². The minimum Gasteiger partial charge on any atom is -0.340 e. The molecule has 0 N–H and O–H groups in total. The second-order valence-corrected chi connectivity index (χ2v) is 7.37. The predicted molar refractivity (Wildman–Crippen MR) is 99.5 cm³/mol. The molecule has 1 fully saturated rings. The maximum atomic E-state index is 12.9. The van der Waals surface area contributed by atoms with Gasteiger partial charge in [0.25, 0.3) is 5.82 Å². The quantitative estimate of drug-likeness (QED) is 0.789. The number of carbonyl (C=O) groups is 1. The van der Waals surface area contributed by atoms with Crippen molar-refractivity contribution in [2.45, 2.75) is 58.0 Å². The van der Waals surface area contributed by atoms with E-state index in [9.17, 15) is 4.79 Å². The van der Waals surface area contributed by atoms with Crippen molar-refractivity contribution in [3.05, 3.63) is 24.4 Å². The van der Waals surface area contributed by atoms with Crippen molar-refractivity contribution < 1.29 is 9.36 Å². The third-order valence-electron chi connectivity index (χ3n) is 5.91. The molecule has 7 heteroatoms. The number of likely N-dealkylation sites (N-methyl/N-ethyl adjacent to an activating group) is 1. The molecule has 0 aromatic carbocycles. The molecule has 0 radical (unpaired) electrons. The van der Waals surface area contributed by atoms with Crippen LogP contribution >= 0.6 is 0 Å².